The Kier molecular flexibility index (Phi) is 0.852. The summed E-state index contributed by atoms with van der Waals surface area (Å²) in [5.74, 6) is 0.862. The van der Waals surface area contributed by atoms with E-state index in [1.54, 1.807) is 0 Å². The van der Waals surface area contributed by atoms with Crippen molar-refractivity contribution in [2.75, 3.05) is 0 Å². The fourth-order valence-corrected chi connectivity index (χ4v) is 1.91. The lowest BCUT2D eigenvalue weighted by molar-refractivity contribution is 0.139. The number of hydrogen-bond acceptors (Lipinski definition) is 1. The smallest absolute Gasteiger partial charge is 0.0895 e. The van der Waals surface area contributed by atoms with E-state index in [1.807, 2.05) is 0 Å². The monoisotopic (exact) mass is 126 g/mol. The van der Waals surface area contributed by atoms with Gasteiger partial charge in [0.1, 0.15) is 0 Å². The third kappa shape index (κ3) is 0.586. The number of ether oxygens (including phenoxy) is 1. The van der Waals surface area contributed by atoms with Crippen LogP contribution < -0.4 is 0 Å². The molecule has 0 amide bonds. The van der Waals surface area contributed by atoms with Crippen LogP contribution in [0.3, 0.4) is 0 Å². The highest BCUT2D eigenvalue weighted by Crippen LogP contribution is 2.54. The molecule has 0 N–H and O–H groups in total. The molecule has 9 heavy (non-hydrogen) atoms. The maximum Gasteiger partial charge on any atom is 0.0895 e. The van der Waals surface area contributed by atoms with Crippen molar-refractivity contribution in [2.45, 2.75) is 39.4 Å². The summed E-state index contributed by atoms with van der Waals surface area (Å²) < 4.78 is 5.44. The van der Waals surface area contributed by atoms with Crippen LogP contribution in [-0.4, -0.2) is 12.2 Å². The first kappa shape index (κ1) is 5.72. The van der Waals surface area contributed by atoms with Crippen molar-refractivity contribution in [3.63, 3.8) is 0 Å². The van der Waals surface area contributed by atoms with E-state index in [1.165, 1.54) is 6.42 Å². The second kappa shape index (κ2) is 1.34. The van der Waals surface area contributed by atoms with Crippen molar-refractivity contribution in [2.24, 2.45) is 11.3 Å². The second-order valence-electron chi connectivity index (χ2n) is 4.05. The van der Waals surface area contributed by atoms with Crippen molar-refractivity contribution in [1.29, 1.82) is 0 Å². The highest BCUT2D eigenvalue weighted by molar-refractivity contribution is 5.06. The molecule has 1 heterocycles. The molecule has 0 aromatic heterocycles. The second-order valence-corrected chi connectivity index (χ2v) is 4.05. The Morgan fingerprint density at radius 3 is 2.33 bits per heavy atom. The molecule has 2 rings (SSSR count). The van der Waals surface area contributed by atoms with Gasteiger partial charge in [-0.15, -0.1) is 0 Å². The Morgan fingerprint density at radius 1 is 1.44 bits per heavy atom. The van der Waals surface area contributed by atoms with E-state index < -0.39 is 0 Å². The lowest BCUT2D eigenvalue weighted by Crippen LogP contribution is -2.22. The average Bonchev–Trinajstić information content (AvgIpc) is 2.41. The van der Waals surface area contributed by atoms with Gasteiger partial charge in [0.2, 0.25) is 0 Å². The van der Waals surface area contributed by atoms with E-state index in [9.17, 15) is 0 Å². The molecule has 0 aromatic rings. The fourth-order valence-electron chi connectivity index (χ4n) is 1.91. The number of rotatable bonds is 0. The van der Waals surface area contributed by atoms with Crippen LogP contribution in [0.2, 0.25) is 0 Å². The van der Waals surface area contributed by atoms with Gasteiger partial charge in [0, 0.05) is 0 Å². The largest absolute Gasteiger partial charge is 0.369 e. The molecule has 0 radical (unpaired) electrons. The van der Waals surface area contributed by atoms with Crippen LogP contribution in [0.15, 0.2) is 0 Å². The molecular formula is C8H14O. The van der Waals surface area contributed by atoms with Gasteiger partial charge in [-0.25, -0.2) is 0 Å². The first-order chi connectivity index (χ1) is 4.12. The zero-order valence-electron chi connectivity index (χ0n) is 6.35. The number of hydrogen-bond donors (Lipinski definition) is 0. The molecule has 3 atom stereocenters. The van der Waals surface area contributed by atoms with Crippen molar-refractivity contribution in [3.05, 3.63) is 0 Å². The number of fused-ring (bicyclic) bond motifs is 1. The summed E-state index contributed by atoms with van der Waals surface area (Å²) in [6.45, 7) is 6.96. The topological polar surface area (TPSA) is 12.5 Å². The van der Waals surface area contributed by atoms with Crippen molar-refractivity contribution in [3.8, 4) is 0 Å². The summed E-state index contributed by atoms with van der Waals surface area (Å²) >= 11 is 0. The predicted octanol–water partition coefficient (Wildman–Crippen LogP) is 1.82. The van der Waals surface area contributed by atoms with Crippen LogP contribution in [0, 0.1) is 11.3 Å². The molecule has 3 unspecified atom stereocenters. The first-order valence-electron chi connectivity index (χ1n) is 3.78. The third-order valence-electron chi connectivity index (χ3n) is 3.17. The van der Waals surface area contributed by atoms with Gasteiger partial charge in [-0.05, 0) is 17.8 Å². The van der Waals surface area contributed by atoms with Gasteiger partial charge in [-0.1, -0.05) is 20.8 Å². The van der Waals surface area contributed by atoms with E-state index >= 15 is 0 Å². The molecule has 0 bridgehead atoms. The zero-order chi connectivity index (χ0) is 6.65. The molecule has 52 valence electrons. The SMILES string of the molecule is CC1CC2OC2C1(C)C. The molecule has 1 aliphatic heterocycles. The van der Waals surface area contributed by atoms with Gasteiger partial charge in [0.15, 0.2) is 0 Å². The third-order valence-corrected chi connectivity index (χ3v) is 3.17. The van der Waals surface area contributed by atoms with Gasteiger partial charge in [0.05, 0.1) is 12.2 Å². The van der Waals surface area contributed by atoms with Crippen LogP contribution in [0.25, 0.3) is 0 Å². The molecule has 1 nitrogen and oxygen atoms in total. The van der Waals surface area contributed by atoms with Gasteiger partial charge in [-0.2, -0.15) is 0 Å². The van der Waals surface area contributed by atoms with E-state index in [-0.39, 0.29) is 0 Å². The fraction of sp³-hybridized carbons (Fsp3) is 1.00. The van der Waals surface area contributed by atoms with Gasteiger partial charge in [0.25, 0.3) is 0 Å². The predicted molar refractivity (Wildman–Crippen MR) is 36.2 cm³/mol. The van der Waals surface area contributed by atoms with E-state index in [2.05, 4.69) is 20.8 Å². The van der Waals surface area contributed by atoms with Crippen LogP contribution in [0.1, 0.15) is 27.2 Å². The maximum atomic E-state index is 5.44. The summed E-state index contributed by atoms with van der Waals surface area (Å²) in [5.41, 5.74) is 0.463. The summed E-state index contributed by atoms with van der Waals surface area (Å²) in [7, 11) is 0. The molecule has 1 heteroatoms. The zero-order valence-corrected chi connectivity index (χ0v) is 6.35. The Labute approximate surface area is 56.4 Å². The normalized spacial score (nSPS) is 53.0. The lowest BCUT2D eigenvalue weighted by atomic mass is 9.82. The minimum absolute atomic E-state index is 0.463. The van der Waals surface area contributed by atoms with Crippen molar-refractivity contribution < 1.29 is 4.74 Å². The molecule has 1 saturated heterocycles. The molecular weight excluding hydrogens is 112 g/mol. The van der Waals surface area contributed by atoms with E-state index in [0.717, 1.165) is 5.92 Å². The molecule has 2 aliphatic rings. The summed E-state index contributed by atoms with van der Waals surface area (Å²) in [6, 6.07) is 0. The molecule has 0 spiro atoms. The summed E-state index contributed by atoms with van der Waals surface area (Å²) in [6.07, 6.45) is 2.53. The summed E-state index contributed by atoms with van der Waals surface area (Å²) in [4.78, 5) is 0. The lowest BCUT2D eigenvalue weighted by Gasteiger charge is -2.24. The van der Waals surface area contributed by atoms with Gasteiger partial charge < -0.3 is 4.74 Å². The maximum absolute atomic E-state index is 5.44. The van der Waals surface area contributed by atoms with Crippen LogP contribution >= 0.6 is 0 Å². The molecule has 1 aliphatic carbocycles. The highest BCUT2D eigenvalue weighted by atomic mass is 16.6. The van der Waals surface area contributed by atoms with Crippen LogP contribution in [-0.2, 0) is 4.74 Å². The van der Waals surface area contributed by atoms with Crippen LogP contribution in [0.5, 0.6) is 0 Å². The minimum atomic E-state index is 0.463. The molecule has 0 aromatic carbocycles. The highest BCUT2D eigenvalue weighted by Gasteiger charge is 2.58. The summed E-state index contributed by atoms with van der Waals surface area (Å²) in [5, 5.41) is 0. The Bertz CT molecular complexity index is 136. The Hall–Kier alpha value is -0.0400. The van der Waals surface area contributed by atoms with E-state index in [0.29, 0.717) is 17.6 Å². The Balaban J connectivity index is 2.20. The number of epoxide rings is 1. The molecule has 1 saturated carbocycles. The van der Waals surface area contributed by atoms with Gasteiger partial charge >= 0.3 is 0 Å². The standard InChI is InChI=1S/C8H14O/c1-5-4-6-7(9-6)8(5,2)3/h5-7H,4H2,1-3H3. The van der Waals surface area contributed by atoms with E-state index in [4.69, 9.17) is 4.74 Å². The van der Waals surface area contributed by atoms with Gasteiger partial charge in [-0.3, -0.25) is 0 Å². The van der Waals surface area contributed by atoms with Crippen LogP contribution in [0.4, 0.5) is 0 Å². The minimum Gasteiger partial charge on any atom is -0.369 e. The van der Waals surface area contributed by atoms with Crippen molar-refractivity contribution >= 4 is 0 Å². The van der Waals surface area contributed by atoms with Crippen molar-refractivity contribution in [1.82, 2.24) is 0 Å². The first-order valence-corrected chi connectivity index (χ1v) is 3.78. The quantitative estimate of drug-likeness (QED) is 0.451. The average molecular weight is 126 g/mol. The Morgan fingerprint density at radius 2 is 2.11 bits per heavy atom. The molecule has 2 fully saturated rings.